The summed E-state index contributed by atoms with van der Waals surface area (Å²) in [5.41, 5.74) is 1.80. The lowest BCUT2D eigenvalue weighted by molar-refractivity contribution is -0.140. The molecule has 6 nitrogen and oxygen atoms in total. The first-order chi connectivity index (χ1) is 9.82. The highest BCUT2D eigenvalue weighted by atomic mass is 32.1. The standard InChI is InChI=1S/C14H14N2O4S/c1-7-4-3-5-9(6-7)11-10(12(17)18)8(2)15-13(21)16(11)14(19)20/h3-6,10-11H,1-2H3,(H,17,18)(H,19,20). The van der Waals surface area contributed by atoms with Crippen molar-refractivity contribution in [3.63, 3.8) is 0 Å². The van der Waals surface area contributed by atoms with Gasteiger partial charge in [-0.05, 0) is 31.6 Å². The van der Waals surface area contributed by atoms with Gasteiger partial charge in [0.05, 0.1) is 6.04 Å². The summed E-state index contributed by atoms with van der Waals surface area (Å²) in [5.74, 6) is -2.19. The van der Waals surface area contributed by atoms with Crippen molar-refractivity contribution in [2.45, 2.75) is 19.9 Å². The Kier molecular flexibility index (Phi) is 4.04. The van der Waals surface area contributed by atoms with E-state index < -0.39 is 24.0 Å². The first-order valence-corrected chi connectivity index (χ1v) is 6.64. The molecule has 0 saturated carbocycles. The van der Waals surface area contributed by atoms with Crippen molar-refractivity contribution < 1.29 is 19.8 Å². The Balaban J connectivity index is 2.63. The van der Waals surface area contributed by atoms with Crippen molar-refractivity contribution in [3.05, 3.63) is 35.4 Å². The van der Waals surface area contributed by atoms with Crippen LogP contribution in [0.3, 0.4) is 0 Å². The number of carboxylic acids is 1. The molecule has 2 unspecified atom stereocenters. The number of rotatable bonds is 2. The van der Waals surface area contributed by atoms with Crippen molar-refractivity contribution in [2.24, 2.45) is 10.9 Å². The fraction of sp³-hybridized carbons (Fsp3) is 0.286. The highest BCUT2D eigenvalue weighted by molar-refractivity contribution is 7.80. The van der Waals surface area contributed by atoms with Gasteiger partial charge in [-0.25, -0.2) is 14.7 Å². The summed E-state index contributed by atoms with van der Waals surface area (Å²) in [7, 11) is 0. The van der Waals surface area contributed by atoms with Crippen LogP contribution in [0.25, 0.3) is 0 Å². The summed E-state index contributed by atoms with van der Waals surface area (Å²) in [5, 5.41) is 18.7. The summed E-state index contributed by atoms with van der Waals surface area (Å²) in [6, 6.07) is 6.16. The van der Waals surface area contributed by atoms with Crippen LogP contribution in [0, 0.1) is 12.8 Å². The number of carbonyl (C=O) groups is 2. The first-order valence-electron chi connectivity index (χ1n) is 6.23. The molecular formula is C14H14N2O4S. The Morgan fingerprint density at radius 1 is 1.29 bits per heavy atom. The second kappa shape index (κ2) is 5.61. The normalized spacial score (nSPS) is 21.9. The number of thiocarbonyl (C=S) groups is 1. The van der Waals surface area contributed by atoms with Crippen LogP contribution in [-0.4, -0.2) is 38.0 Å². The summed E-state index contributed by atoms with van der Waals surface area (Å²) >= 11 is 4.99. The molecule has 0 fully saturated rings. The lowest BCUT2D eigenvalue weighted by atomic mass is 9.87. The average Bonchev–Trinajstić information content (AvgIpc) is 2.36. The summed E-state index contributed by atoms with van der Waals surface area (Å²) in [6.07, 6.45) is -1.31. The Labute approximate surface area is 126 Å². The van der Waals surface area contributed by atoms with E-state index in [9.17, 15) is 19.8 Å². The molecule has 2 rings (SSSR count). The predicted octanol–water partition coefficient (Wildman–Crippen LogP) is 2.48. The van der Waals surface area contributed by atoms with Crippen molar-refractivity contribution in [1.29, 1.82) is 0 Å². The Hall–Kier alpha value is -2.28. The van der Waals surface area contributed by atoms with Gasteiger partial charge >= 0.3 is 12.1 Å². The molecule has 21 heavy (non-hydrogen) atoms. The molecule has 0 aromatic heterocycles. The zero-order chi connectivity index (χ0) is 15.7. The average molecular weight is 306 g/mol. The van der Waals surface area contributed by atoms with Gasteiger partial charge in [0.2, 0.25) is 5.11 Å². The van der Waals surface area contributed by atoms with Crippen LogP contribution >= 0.6 is 12.2 Å². The lowest BCUT2D eigenvalue weighted by Crippen LogP contribution is -2.48. The molecule has 0 saturated heterocycles. The Morgan fingerprint density at radius 2 is 1.95 bits per heavy atom. The number of nitrogens with zero attached hydrogens (tertiary/aromatic N) is 2. The third-order valence-corrected chi connectivity index (χ3v) is 3.67. The summed E-state index contributed by atoms with van der Waals surface area (Å²) < 4.78 is 0. The Morgan fingerprint density at radius 3 is 2.48 bits per heavy atom. The third-order valence-electron chi connectivity index (χ3n) is 3.38. The molecule has 1 heterocycles. The van der Waals surface area contributed by atoms with E-state index >= 15 is 0 Å². The third kappa shape index (κ3) is 2.78. The molecule has 1 aliphatic heterocycles. The van der Waals surface area contributed by atoms with Gasteiger partial charge in [0.25, 0.3) is 0 Å². The largest absolute Gasteiger partial charge is 0.481 e. The number of amides is 1. The number of hydrogen-bond acceptors (Lipinski definition) is 3. The monoisotopic (exact) mass is 306 g/mol. The molecule has 2 N–H and O–H groups in total. The van der Waals surface area contributed by atoms with E-state index in [-0.39, 0.29) is 5.11 Å². The highest BCUT2D eigenvalue weighted by Crippen LogP contribution is 2.34. The van der Waals surface area contributed by atoms with Crippen molar-refractivity contribution in [2.75, 3.05) is 0 Å². The van der Waals surface area contributed by atoms with E-state index in [0.717, 1.165) is 10.5 Å². The van der Waals surface area contributed by atoms with Crippen molar-refractivity contribution >= 4 is 35.1 Å². The zero-order valence-corrected chi connectivity index (χ0v) is 12.3. The second-order valence-electron chi connectivity index (χ2n) is 4.86. The van der Waals surface area contributed by atoms with Crippen LogP contribution in [0.4, 0.5) is 4.79 Å². The number of aliphatic carboxylic acids is 1. The van der Waals surface area contributed by atoms with Gasteiger partial charge in [-0.15, -0.1) is 0 Å². The van der Waals surface area contributed by atoms with Crippen LogP contribution in [0.5, 0.6) is 0 Å². The number of carboxylic acid groups (broad SMARTS) is 2. The van der Waals surface area contributed by atoms with Crippen LogP contribution in [0.1, 0.15) is 24.1 Å². The molecule has 1 amide bonds. The zero-order valence-electron chi connectivity index (χ0n) is 11.5. The minimum atomic E-state index is -1.31. The van der Waals surface area contributed by atoms with Gasteiger partial charge in [0.1, 0.15) is 5.92 Å². The summed E-state index contributed by atoms with van der Waals surface area (Å²) in [6.45, 7) is 3.40. The van der Waals surface area contributed by atoms with Crippen LogP contribution in [-0.2, 0) is 4.79 Å². The summed E-state index contributed by atoms with van der Waals surface area (Å²) in [4.78, 5) is 27.8. The van der Waals surface area contributed by atoms with Crippen molar-refractivity contribution in [1.82, 2.24) is 4.90 Å². The number of aryl methyl sites for hydroxylation is 1. The molecule has 0 radical (unpaired) electrons. The van der Waals surface area contributed by atoms with E-state index in [0.29, 0.717) is 11.3 Å². The smallest absolute Gasteiger partial charge is 0.414 e. The maximum Gasteiger partial charge on any atom is 0.414 e. The molecule has 110 valence electrons. The van der Waals surface area contributed by atoms with E-state index in [1.54, 1.807) is 25.1 Å². The molecule has 2 atom stereocenters. The molecule has 0 spiro atoms. The molecule has 0 bridgehead atoms. The number of aliphatic imine (C=N–C) groups is 1. The fourth-order valence-corrected chi connectivity index (χ4v) is 2.82. The molecular weight excluding hydrogens is 292 g/mol. The topological polar surface area (TPSA) is 90.2 Å². The number of hydrogen-bond donors (Lipinski definition) is 2. The van der Waals surface area contributed by atoms with E-state index in [4.69, 9.17) is 12.2 Å². The van der Waals surface area contributed by atoms with Gasteiger partial charge in [-0.2, -0.15) is 0 Å². The van der Waals surface area contributed by atoms with Gasteiger partial charge in [-0.1, -0.05) is 29.8 Å². The van der Waals surface area contributed by atoms with Gasteiger partial charge in [0.15, 0.2) is 0 Å². The van der Waals surface area contributed by atoms with E-state index in [1.807, 2.05) is 13.0 Å². The molecule has 1 aromatic rings. The van der Waals surface area contributed by atoms with Gasteiger partial charge < -0.3 is 10.2 Å². The minimum absolute atomic E-state index is 0.135. The van der Waals surface area contributed by atoms with Crippen LogP contribution < -0.4 is 0 Å². The minimum Gasteiger partial charge on any atom is -0.481 e. The van der Waals surface area contributed by atoms with Crippen molar-refractivity contribution in [3.8, 4) is 0 Å². The molecule has 0 aliphatic carbocycles. The Bertz CT molecular complexity index is 656. The SMILES string of the molecule is CC1=NC(=S)N(C(=O)O)C(c2cccc(C)c2)C1C(=O)O. The maximum absolute atomic E-state index is 11.6. The molecule has 1 aliphatic rings. The van der Waals surface area contributed by atoms with E-state index in [2.05, 4.69) is 4.99 Å². The van der Waals surface area contributed by atoms with Crippen LogP contribution in [0.15, 0.2) is 29.3 Å². The quantitative estimate of drug-likeness (QED) is 0.819. The maximum atomic E-state index is 11.6. The van der Waals surface area contributed by atoms with Crippen LogP contribution in [0.2, 0.25) is 0 Å². The van der Waals surface area contributed by atoms with Gasteiger partial charge in [0, 0.05) is 5.71 Å². The predicted molar refractivity (Wildman–Crippen MR) is 80.6 cm³/mol. The van der Waals surface area contributed by atoms with Gasteiger partial charge in [-0.3, -0.25) is 4.79 Å². The first kappa shape index (κ1) is 15.1. The fourth-order valence-electron chi connectivity index (χ4n) is 2.48. The van der Waals surface area contributed by atoms with E-state index in [1.165, 1.54) is 0 Å². The highest BCUT2D eigenvalue weighted by Gasteiger charge is 2.43. The second-order valence-corrected chi connectivity index (χ2v) is 5.23. The number of benzene rings is 1. The molecule has 7 heteroatoms. The molecule has 1 aromatic carbocycles. The lowest BCUT2D eigenvalue weighted by Gasteiger charge is -2.36.